The number of carbonyl (C=O) groups is 1. The van der Waals surface area contributed by atoms with Crippen LogP contribution < -0.4 is 5.32 Å². The molecule has 1 fully saturated rings. The summed E-state index contributed by atoms with van der Waals surface area (Å²) in [5.41, 5.74) is 1.93. The van der Waals surface area contributed by atoms with Crippen LogP contribution in [0.1, 0.15) is 11.3 Å². The minimum atomic E-state index is -0.183. The molecule has 1 amide bonds. The van der Waals surface area contributed by atoms with Crippen LogP contribution in [-0.4, -0.2) is 37.1 Å². The molecule has 0 radical (unpaired) electrons. The van der Waals surface area contributed by atoms with Crippen molar-refractivity contribution < 1.29 is 13.9 Å². The first-order valence-corrected chi connectivity index (χ1v) is 8.62. The third kappa shape index (κ3) is 4.80. The fraction of sp³-hybridized carbons (Fsp3) is 0.278. The number of amides is 1. The van der Waals surface area contributed by atoms with Gasteiger partial charge in [0, 0.05) is 31.4 Å². The van der Waals surface area contributed by atoms with Crippen LogP contribution in [0.2, 0.25) is 0 Å². The lowest BCUT2D eigenvalue weighted by atomic mass is 10.1. The Balaban J connectivity index is 1.63. The number of ether oxygens (including phenoxy) is 1. The second-order valence-electron chi connectivity index (χ2n) is 5.51. The van der Waals surface area contributed by atoms with Crippen molar-refractivity contribution in [1.82, 2.24) is 4.90 Å². The number of furan rings is 1. The van der Waals surface area contributed by atoms with Crippen LogP contribution in [-0.2, 0) is 16.1 Å². The number of anilines is 1. The zero-order valence-corrected chi connectivity index (χ0v) is 14.8. The molecule has 0 atom stereocenters. The summed E-state index contributed by atoms with van der Waals surface area (Å²) in [4.78, 5) is 14.5. The van der Waals surface area contributed by atoms with Gasteiger partial charge in [0.05, 0.1) is 13.2 Å². The number of hydrogen-bond donors (Lipinski definition) is 1. The largest absolute Gasteiger partial charge is 0.450 e. The minimum absolute atomic E-state index is 0.183. The molecule has 3 rings (SSSR count). The highest BCUT2D eigenvalue weighted by Gasteiger charge is 2.13. The predicted octanol–water partition coefficient (Wildman–Crippen LogP) is 3.53. The van der Waals surface area contributed by atoms with Crippen molar-refractivity contribution in [3.05, 3.63) is 58.5 Å². The van der Waals surface area contributed by atoms with Crippen LogP contribution in [0, 0.1) is 0 Å². The van der Waals surface area contributed by atoms with E-state index in [4.69, 9.17) is 9.15 Å². The van der Waals surface area contributed by atoms with Crippen molar-refractivity contribution in [2.45, 2.75) is 6.54 Å². The molecule has 1 aliphatic heterocycles. The molecule has 24 heavy (non-hydrogen) atoms. The minimum Gasteiger partial charge on any atom is -0.450 e. The van der Waals surface area contributed by atoms with E-state index in [2.05, 4.69) is 26.1 Å². The van der Waals surface area contributed by atoms with Gasteiger partial charge >= 0.3 is 0 Å². The summed E-state index contributed by atoms with van der Waals surface area (Å²) >= 11 is 3.23. The van der Waals surface area contributed by atoms with Crippen LogP contribution in [0.25, 0.3) is 6.08 Å². The SMILES string of the molecule is O=C(/C=C/c1ccc(Br)o1)Nc1ccccc1CN1CCOCC1. The highest BCUT2D eigenvalue weighted by atomic mass is 79.9. The van der Waals surface area contributed by atoms with Crippen molar-refractivity contribution in [2.24, 2.45) is 0 Å². The summed E-state index contributed by atoms with van der Waals surface area (Å²) in [6.07, 6.45) is 3.11. The van der Waals surface area contributed by atoms with Crippen LogP contribution in [0.5, 0.6) is 0 Å². The van der Waals surface area contributed by atoms with E-state index in [0.717, 1.165) is 44.1 Å². The predicted molar refractivity (Wildman–Crippen MR) is 96.6 cm³/mol. The zero-order valence-electron chi connectivity index (χ0n) is 13.2. The fourth-order valence-corrected chi connectivity index (χ4v) is 2.85. The smallest absolute Gasteiger partial charge is 0.248 e. The van der Waals surface area contributed by atoms with E-state index in [1.165, 1.54) is 6.08 Å². The lowest BCUT2D eigenvalue weighted by molar-refractivity contribution is -0.111. The number of nitrogens with one attached hydrogen (secondary N) is 1. The molecule has 0 saturated carbocycles. The molecule has 2 heterocycles. The zero-order chi connectivity index (χ0) is 16.8. The Hall–Kier alpha value is -1.89. The van der Waals surface area contributed by atoms with Gasteiger partial charge in [-0.2, -0.15) is 0 Å². The fourth-order valence-electron chi connectivity index (χ4n) is 2.53. The van der Waals surface area contributed by atoms with Crippen molar-refractivity contribution in [2.75, 3.05) is 31.6 Å². The molecule has 0 aliphatic carbocycles. The van der Waals surface area contributed by atoms with Crippen LogP contribution in [0.15, 0.2) is 51.6 Å². The molecular formula is C18H19BrN2O3. The van der Waals surface area contributed by atoms with E-state index >= 15 is 0 Å². The summed E-state index contributed by atoms with van der Waals surface area (Å²) < 4.78 is 11.4. The lowest BCUT2D eigenvalue weighted by Gasteiger charge is -2.27. The van der Waals surface area contributed by atoms with Crippen molar-refractivity contribution in [3.63, 3.8) is 0 Å². The molecule has 6 heteroatoms. The molecule has 1 aliphatic rings. The van der Waals surface area contributed by atoms with Gasteiger partial charge in [0.15, 0.2) is 4.67 Å². The molecule has 1 aromatic carbocycles. The van der Waals surface area contributed by atoms with Crippen molar-refractivity contribution in [3.8, 4) is 0 Å². The Morgan fingerprint density at radius 3 is 2.75 bits per heavy atom. The summed E-state index contributed by atoms with van der Waals surface area (Å²) in [6, 6.07) is 11.5. The molecule has 0 spiro atoms. The average Bonchev–Trinajstić information content (AvgIpc) is 3.01. The molecule has 5 nitrogen and oxygen atoms in total. The first-order valence-electron chi connectivity index (χ1n) is 7.83. The standard InChI is InChI=1S/C18H19BrN2O3/c19-17-7-5-15(24-17)6-8-18(22)20-16-4-2-1-3-14(16)13-21-9-11-23-12-10-21/h1-8H,9-13H2,(H,20,22)/b8-6+. The first-order chi connectivity index (χ1) is 11.7. The maximum Gasteiger partial charge on any atom is 0.248 e. The molecule has 126 valence electrons. The first kappa shape index (κ1) is 17.0. The molecular weight excluding hydrogens is 372 g/mol. The Labute approximate surface area is 149 Å². The van der Waals surface area contributed by atoms with Gasteiger partial charge in [0.25, 0.3) is 0 Å². The van der Waals surface area contributed by atoms with Crippen LogP contribution in [0.4, 0.5) is 5.69 Å². The number of rotatable bonds is 5. The Kier molecular flexibility index (Phi) is 5.85. The summed E-state index contributed by atoms with van der Waals surface area (Å²) in [5, 5.41) is 2.94. The number of hydrogen-bond acceptors (Lipinski definition) is 4. The van der Waals surface area contributed by atoms with E-state index in [-0.39, 0.29) is 5.91 Å². The number of para-hydroxylation sites is 1. The molecule has 1 N–H and O–H groups in total. The van der Waals surface area contributed by atoms with Gasteiger partial charge in [-0.25, -0.2) is 0 Å². The Bertz CT molecular complexity index is 721. The molecule has 1 aromatic heterocycles. The number of carbonyl (C=O) groups excluding carboxylic acids is 1. The third-order valence-corrected chi connectivity index (χ3v) is 4.19. The lowest BCUT2D eigenvalue weighted by Crippen LogP contribution is -2.35. The highest BCUT2D eigenvalue weighted by molar-refractivity contribution is 9.10. The Morgan fingerprint density at radius 1 is 1.21 bits per heavy atom. The van der Waals surface area contributed by atoms with Gasteiger partial charge in [0.1, 0.15) is 5.76 Å². The normalized spacial score (nSPS) is 15.7. The van der Waals surface area contributed by atoms with Gasteiger partial charge in [0.2, 0.25) is 5.91 Å². The number of halogens is 1. The molecule has 0 unspecified atom stereocenters. The Morgan fingerprint density at radius 2 is 2.00 bits per heavy atom. The van der Waals surface area contributed by atoms with Gasteiger partial charge < -0.3 is 14.5 Å². The summed E-state index contributed by atoms with van der Waals surface area (Å²) in [5.74, 6) is 0.440. The maximum atomic E-state index is 12.2. The van der Waals surface area contributed by atoms with Gasteiger partial charge in [-0.05, 0) is 45.8 Å². The number of nitrogens with zero attached hydrogens (tertiary/aromatic N) is 1. The monoisotopic (exact) mass is 390 g/mol. The summed E-state index contributed by atoms with van der Waals surface area (Å²) in [7, 11) is 0. The highest BCUT2D eigenvalue weighted by Crippen LogP contribution is 2.19. The van der Waals surface area contributed by atoms with Gasteiger partial charge in [-0.3, -0.25) is 9.69 Å². The van der Waals surface area contributed by atoms with E-state index in [9.17, 15) is 4.79 Å². The summed E-state index contributed by atoms with van der Waals surface area (Å²) in [6.45, 7) is 4.14. The number of morpholine rings is 1. The molecule has 1 saturated heterocycles. The quantitative estimate of drug-likeness (QED) is 0.793. The number of benzene rings is 1. The van der Waals surface area contributed by atoms with Crippen LogP contribution >= 0.6 is 15.9 Å². The van der Waals surface area contributed by atoms with E-state index in [1.807, 2.05) is 24.3 Å². The van der Waals surface area contributed by atoms with Gasteiger partial charge in [-0.1, -0.05) is 18.2 Å². The van der Waals surface area contributed by atoms with E-state index in [0.29, 0.717) is 10.4 Å². The van der Waals surface area contributed by atoms with Crippen molar-refractivity contribution in [1.29, 1.82) is 0 Å². The van der Waals surface area contributed by atoms with Gasteiger partial charge in [-0.15, -0.1) is 0 Å². The van der Waals surface area contributed by atoms with E-state index < -0.39 is 0 Å². The van der Waals surface area contributed by atoms with Crippen LogP contribution in [0.3, 0.4) is 0 Å². The second-order valence-corrected chi connectivity index (χ2v) is 6.29. The topological polar surface area (TPSA) is 54.7 Å². The van der Waals surface area contributed by atoms with E-state index in [1.54, 1.807) is 18.2 Å². The third-order valence-electron chi connectivity index (χ3n) is 3.77. The molecule has 0 bridgehead atoms. The second kappa shape index (κ2) is 8.28. The van der Waals surface area contributed by atoms with Crippen molar-refractivity contribution >= 4 is 33.6 Å². The maximum absolute atomic E-state index is 12.2. The average molecular weight is 391 g/mol. The molecule has 2 aromatic rings.